The number of hydrogen-bond donors (Lipinski definition) is 2. The van der Waals surface area contributed by atoms with Gasteiger partial charge in [-0.3, -0.25) is 0 Å². The van der Waals surface area contributed by atoms with Gasteiger partial charge in [0.2, 0.25) is 0 Å². The van der Waals surface area contributed by atoms with Gasteiger partial charge in [-0.05, 0) is 30.7 Å². The zero-order valence-corrected chi connectivity index (χ0v) is 9.80. The lowest BCUT2D eigenvalue weighted by atomic mass is 9.95. The third kappa shape index (κ3) is 2.32. The molecule has 0 aromatic heterocycles. The Hall–Kier alpha value is -1.16. The predicted octanol–water partition coefficient (Wildman–Crippen LogP) is 2.45. The van der Waals surface area contributed by atoms with Gasteiger partial charge < -0.3 is 10.4 Å². The Bertz CT molecular complexity index is 361. The van der Waals surface area contributed by atoms with Crippen molar-refractivity contribution in [1.82, 2.24) is 0 Å². The quantitative estimate of drug-likeness (QED) is 0.847. The van der Waals surface area contributed by atoms with Crippen LogP contribution in [0.15, 0.2) is 30.3 Å². The molecule has 1 heterocycles. The topological polar surface area (TPSA) is 49.3 Å². The predicted molar refractivity (Wildman–Crippen MR) is 67.0 cm³/mol. The lowest BCUT2D eigenvalue weighted by Gasteiger charge is -2.34. The Labute approximate surface area is 99.2 Å². The van der Waals surface area contributed by atoms with Crippen LogP contribution in [0.5, 0.6) is 0 Å². The first-order valence-electron chi connectivity index (χ1n) is 5.37. The molecule has 1 aromatic rings. The molecule has 1 unspecified atom stereocenters. The molecule has 0 aliphatic carbocycles. The maximum atomic E-state index is 11.4. The monoisotopic (exact) mass is 237 g/mol. The van der Waals surface area contributed by atoms with Crippen molar-refractivity contribution < 1.29 is 9.90 Å². The van der Waals surface area contributed by atoms with Crippen LogP contribution in [-0.2, 0) is 4.79 Å². The molecular weight excluding hydrogens is 222 g/mol. The summed E-state index contributed by atoms with van der Waals surface area (Å²) >= 11 is 1.71. The Balaban J connectivity index is 2.17. The van der Waals surface area contributed by atoms with Crippen molar-refractivity contribution in [2.24, 2.45) is 0 Å². The summed E-state index contributed by atoms with van der Waals surface area (Å²) in [5, 5.41) is 12.5. The molecule has 1 fully saturated rings. The molecule has 1 aliphatic rings. The van der Waals surface area contributed by atoms with Crippen LogP contribution in [-0.4, -0.2) is 28.1 Å². The Morgan fingerprint density at radius 1 is 1.38 bits per heavy atom. The summed E-state index contributed by atoms with van der Waals surface area (Å²) in [5.74, 6) is 0.950. The highest BCUT2D eigenvalue weighted by Crippen LogP contribution is 2.30. The second kappa shape index (κ2) is 4.78. The smallest absolute Gasteiger partial charge is 0.330 e. The van der Waals surface area contributed by atoms with Gasteiger partial charge in [0.15, 0.2) is 0 Å². The summed E-state index contributed by atoms with van der Waals surface area (Å²) in [6.07, 6.45) is 1.65. The van der Waals surface area contributed by atoms with Gasteiger partial charge in [-0.25, -0.2) is 4.79 Å². The number of carboxylic acid groups (broad SMARTS) is 1. The number of rotatable bonds is 3. The molecule has 86 valence electrons. The number of para-hydroxylation sites is 1. The average molecular weight is 237 g/mol. The van der Waals surface area contributed by atoms with Crippen molar-refractivity contribution in [1.29, 1.82) is 0 Å². The van der Waals surface area contributed by atoms with Crippen molar-refractivity contribution in [2.75, 3.05) is 16.8 Å². The SMILES string of the molecule is O=C(O)C1(Nc2ccccc2)CCCSC1. The number of nitrogens with one attached hydrogen (secondary N) is 1. The molecule has 0 radical (unpaired) electrons. The van der Waals surface area contributed by atoms with Gasteiger partial charge in [0.05, 0.1) is 0 Å². The van der Waals surface area contributed by atoms with Crippen LogP contribution in [0.25, 0.3) is 0 Å². The van der Waals surface area contributed by atoms with Crippen molar-refractivity contribution >= 4 is 23.4 Å². The minimum absolute atomic E-state index is 0.636. The minimum Gasteiger partial charge on any atom is -0.479 e. The standard InChI is InChI=1S/C12H15NO2S/c14-11(15)12(7-4-8-16-9-12)13-10-5-2-1-3-6-10/h1-3,5-6,13H,4,7-9H2,(H,14,15). The zero-order valence-electron chi connectivity index (χ0n) is 8.98. The normalized spacial score (nSPS) is 25.0. The van der Waals surface area contributed by atoms with E-state index in [4.69, 9.17) is 0 Å². The van der Waals surface area contributed by atoms with Gasteiger partial charge in [0.25, 0.3) is 0 Å². The molecule has 0 amide bonds. The van der Waals surface area contributed by atoms with Gasteiger partial charge in [-0.15, -0.1) is 0 Å². The number of carbonyl (C=O) groups is 1. The first-order chi connectivity index (χ1) is 7.73. The molecule has 1 atom stereocenters. The molecule has 4 heteroatoms. The molecule has 2 N–H and O–H groups in total. The summed E-state index contributed by atoms with van der Waals surface area (Å²) in [4.78, 5) is 11.4. The van der Waals surface area contributed by atoms with Crippen molar-refractivity contribution in [3.8, 4) is 0 Å². The van der Waals surface area contributed by atoms with E-state index >= 15 is 0 Å². The molecule has 16 heavy (non-hydrogen) atoms. The molecule has 1 aliphatic heterocycles. The summed E-state index contributed by atoms with van der Waals surface area (Å²) in [7, 11) is 0. The van der Waals surface area contributed by atoms with E-state index in [9.17, 15) is 9.90 Å². The van der Waals surface area contributed by atoms with Crippen molar-refractivity contribution in [3.05, 3.63) is 30.3 Å². The van der Waals surface area contributed by atoms with Crippen molar-refractivity contribution in [3.63, 3.8) is 0 Å². The lowest BCUT2D eigenvalue weighted by Crippen LogP contribution is -2.50. The maximum Gasteiger partial charge on any atom is 0.330 e. The molecular formula is C12H15NO2S. The van der Waals surface area contributed by atoms with E-state index in [1.165, 1.54) is 0 Å². The van der Waals surface area contributed by atoms with Crippen LogP contribution in [0.4, 0.5) is 5.69 Å². The fourth-order valence-corrected chi connectivity index (χ4v) is 3.09. The highest BCUT2D eigenvalue weighted by atomic mass is 32.2. The van der Waals surface area contributed by atoms with E-state index in [-0.39, 0.29) is 0 Å². The van der Waals surface area contributed by atoms with Crippen LogP contribution >= 0.6 is 11.8 Å². The minimum atomic E-state index is -0.787. The van der Waals surface area contributed by atoms with Gasteiger partial charge in [0, 0.05) is 11.4 Å². The largest absolute Gasteiger partial charge is 0.479 e. The molecule has 3 nitrogen and oxygen atoms in total. The Morgan fingerprint density at radius 3 is 2.69 bits per heavy atom. The highest BCUT2D eigenvalue weighted by Gasteiger charge is 2.39. The number of carboxylic acids is 1. The fourth-order valence-electron chi connectivity index (χ4n) is 1.91. The molecule has 1 saturated heterocycles. The first-order valence-corrected chi connectivity index (χ1v) is 6.53. The number of aliphatic carboxylic acids is 1. The summed E-state index contributed by atoms with van der Waals surface area (Å²) in [6.45, 7) is 0. The zero-order chi connectivity index (χ0) is 11.4. The first kappa shape index (κ1) is 11.3. The van der Waals surface area contributed by atoms with Crippen molar-refractivity contribution in [2.45, 2.75) is 18.4 Å². The molecule has 2 rings (SSSR count). The second-order valence-electron chi connectivity index (χ2n) is 4.03. The van der Waals surface area contributed by atoms with E-state index in [1.807, 2.05) is 30.3 Å². The van der Waals surface area contributed by atoms with Crippen LogP contribution < -0.4 is 5.32 Å². The number of hydrogen-bond acceptors (Lipinski definition) is 3. The Morgan fingerprint density at radius 2 is 2.12 bits per heavy atom. The molecule has 0 spiro atoms. The number of benzene rings is 1. The molecule has 0 saturated carbocycles. The van der Waals surface area contributed by atoms with Gasteiger partial charge >= 0.3 is 5.97 Å². The van der Waals surface area contributed by atoms with Gasteiger partial charge in [-0.2, -0.15) is 11.8 Å². The van der Waals surface area contributed by atoms with Crippen LogP contribution in [0.3, 0.4) is 0 Å². The number of thioether (sulfide) groups is 1. The van der Waals surface area contributed by atoms with Gasteiger partial charge in [-0.1, -0.05) is 18.2 Å². The summed E-state index contributed by atoms with van der Waals surface area (Å²) < 4.78 is 0. The Kier molecular flexibility index (Phi) is 3.39. The van der Waals surface area contributed by atoms with E-state index in [1.54, 1.807) is 11.8 Å². The third-order valence-corrected chi connectivity index (χ3v) is 4.08. The van der Waals surface area contributed by atoms with Crippen LogP contribution in [0, 0.1) is 0 Å². The lowest BCUT2D eigenvalue weighted by molar-refractivity contribution is -0.141. The van der Waals surface area contributed by atoms with E-state index in [0.717, 1.165) is 17.9 Å². The fraction of sp³-hybridized carbons (Fsp3) is 0.417. The van der Waals surface area contributed by atoms with Gasteiger partial charge in [0.1, 0.15) is 5.54 Å². The van der Waals surface area contributed by atoms with E-state index in [2.05, 4.69) is 5.32 Å². The summed E-state index contributed by atoms with van der Waals surface area (Å²) in [5.41, 5.74) is 0.0944. The van der Waals surface area contributed by atoms with Crippen LogP contribution in [0.2, 0.25) is 0 Å². The van der Waals surface area contributed by atoms with Crippen LogP contribution in [0.1, 0.15) is 12.8 Å². The maximum absolute atomic E-state index is 11.4. The third-order valence-electron chi connectivity index (χ3n) is 2.81. The van der Waals surface area contributed by atoms with E-state index in [0.29, 0.717) is 12.2 Å². The average Bonchev–Trinajstić information content (AvgIpc) is 2.31. The summed E-state index contributed by atoms with van der Waals surface area (Å²) in [6, 6.07) is 9.56. The van der Waals surface area contributed by atoms with E-state index < -0.39 is 11.5 Å². The number of anilines is 1. The molecule has 1 aromatic carbocycles. The molecule has 0 bridgehead atoms. The highest BCUT2D eigenvalue weighted by molar-refractivity contribution is 7.99. The second-order valence-corrected chi connectivity index (χ2v) is 5.14.